The quantitative estimate of drug-likeness (QED) is 0.178. The molecule has 0 fully saturated rings. The van der Waals surface area contributed by atoms with Crippen molar-refractivity contribution in [3.63, 3.8) is 0 Å². The molecular formula is C22H40O8S. The van der Waals surface area contributed by atoms with Crippen LogP contribution in [0.4, 0.5) is 0 Å². The number of rotatable bonds is 21. The van der Waals surface area contributed by atoms with Crippen molar-refractivity contribution >= 4 is 28.0 Å². The van der Waals surface area contributed by atoms with Gasteiger partial charge in [0, 0.05) is 6.42 Å². The lowest BCUT2D eigenvalue weighted by atomic mass is 10.0. The van der Waals surface area contributed by atoms with Crippen molar-refractivity contribution in [3.8, 4) is 0 Å². The molecule has 8 nitrogen and oxygen atoms in total. The number of hydrogen-bond acceptors (Lipinski definition) is 6. The number of hydrogen-bond donors (Lipinski definition) is 2. The molecule has 1 unspecified atom stereocenters. The predicted molar refractivity (Wildman–Crippen MR) is 118 cm³/mol. The first kappa shape index (κ1) is 29.4. The minimum absolute atomic E-state index is 0.142. The molecule has 0 spiro atoms. The molecule has 31 heavy (non-hydrogen) atoms. The predicted octanol–water partition coefficient (Wildman–Crippen LogP) is 5.05. The van der Waals surface area contributed by atoms with Gasteiger partial charge in [-0.25, -0.2) is 0 Å². The molecule has 182 valence electrons. The van der Waals surface area contributed by atoms with E-state index in [0.717, 1.165) is 25.7 Å². The first-order valence-electron chi connectivity index (χ1n) is 11.6. The molecule has 0 saturated carbocycles. The minimum Gasteiger partial charge on any atom is -0.481 e. The smallest absolute Gasteiger partial charge is 0.326 e. The van der Waals surface area contributed by atoms with Gasteiger partial charge in [0.1, 0.15) is 0 Å². The second-order valence-electron chi connectivity index (χ2n) is 8.07. The summed E-state index contributed by atoms with van der Waals surface area (Å²) in [4.78, 5) is 33.2. The topological polar surface area (TPSA) is 135 Å². The SMILES string of the molecule is CCCCCCCCCCCCCCCCCC(=O)OS(=O)(=O)C(CC(=O)O)C(=O)O. The normalized spacial score (nSPS) is 12.4. The zero-order valence-electron chi connectivity index (χ0n) is 18.9. The molecule has 0 aromatic heterocycles. The van der Waals surface area contributed by atoms with Crippen LogP contribution in [0.15, 0.2) is 0 Å². The second kappa shape index (κ2) is 18.0. The Hall–Kier alpha value is -1.64. The van der Waals surface area contributed by atoms with Gasteiger partial charge < -0.3 is 14.4 Å². The van der Waals surface area contributed by atoms with Gasteiger partial charge in [-0.05, 0) is 6.42 Å². The van der Waals surface area contributed by atoms with E-state index in [1.54, 1.807) is 0 Å². The fraction of sp³-hybridized carbons (Fsp3) is 0.864. The number of aliphatic carboxylic acids is 2. The molecule has 0 bridgehead atoms. The third-order valence-electron chi connectivity index (χ3n) is 5.18. The van der Waals surface area contributed by atoms with Gasteiger partial charge in [0.2, 0.25) is 5.25 Å². The number of carbonyl (C=O) groups excluding carboxylic acids is 1. The maximum Gasteiger partial charge on any atom is 0.326 e. The largest absolute Gasteiger partial charge is 0.481 e. The minimum atomic E-state index is -4.82. The van der Waals surface area contributed by atoms with Crippen molar-refractivity contribution in [2.45, 2.75) is 121 Å². The van der Waals surface area contributed by atoms with Crippen LogP contribution in [0.5, 0.6) is 0 Å². The summed E-state index contributed by atoms with van der Waals surface area (Å²) in [5.74, 6) is -4.51. The molecule has 0 aliphatic carbocycles. The van der Waals surface area contributed by atoms with Gasteiger partial charge in [-0.15, -0.1) is 0 Å². The van der Waals surface area contributed by atoms with E-state index in [9.17, 15) is 22.8 Å². The van der Waals surface area contributed by atoms with Crippen LogP contribution in [0.3, 0.4) is 0 Å². The molecule has 0 saturated heterocycles. The lowest BCUT2D eigenvalue weighted by Gasteiger charge is -2.11. The molecule has 0 amide bonds. The van der Waals surface area contributed by atoms with Crippen LogP contribution in [-0.2, 0) is 28.7 Å². The summed E-state index contributed by atoms with van der Waals surface area (Å²) in [5, 5.41) is 15.2. The van der Waals surface area contributed by atoms with E-state index in [1.165, 1.54) is 64.2 Å². The van der Waals surface area contributed by atoms with E-state index in [4.69, 9.17) is 10.2 Å². The van der Waals surface area contributed by atoms with Gasteiger partial charge in [-0.1, -0.05) is 96.8 Å². The van der Waals surface area contributed by atoms with Gasteiger partial charge in [0.25, 0.3) is 0 Å². The summed E-state index contributed by atoms with van der Waals surface area (Å²) in [6, 6.07) is 0. The number of unbranched alkanes of at least 4 members (excludes halogenated alkanes) is 14. The second-order valence-corrected chi connectivity index (χ2v) is 9.79. The Labute approximate surface area is 186 Å². The molecule has 9 heteroatoms. The number of carbonyl (C=O) groups is 3. The van der Waals surface area contributed by atoms with E-state index < -0.39 is 39.7 Å². The lowest BCUT2D eigenvalue weighted by molar-refractivity contribution is -0.143. The van der Waals surface area contributed by atoms with Crippen molar-refractivity contribution in [2.75, 3.05) is 0 Å². The Balaban J connectivity index is 3.71. The molecule has 0 aromatic carbocycles. The van der Waals surface area contributed by atoms with Crippen LogP contribution in [0.1, 0.15) is 116 Å². The molecule has 0 radical (unpaired) electrons. The Morgan fingerprint density at radius 1 is 0.710 bits per heavy atom. The molecule has 0 aromatic rings. The fourth-order valence-corrected chi connectivity index (χ4v) is 4.39. The van der Waals surface area contributed by atoms with Crippen molar-refractivity contribution < 1.29 is 37.2 Å². The highest BCUT2D eigenvalue weighted by Crippen LogP contribution is 2.15. The first-order chi connectivity index (χ1) is 14.7. The highest BCUT2D eigenvalue weighted by Gasteiger charge is 2.37. The van der Waals surface area contributed by atoms with Crippen LogP contribution >= 0.6 is 0 Å². The van der Waals surface area contributed by atoms with E-state index in [-0.39, 0.29) is 6.42 Å². The monoisotopic (exact) mass is 464 g/mol. The summed E-state index contributed by atoms with van der Waals surface area (Å²) in [7, 11) is -4.82. The molecule has 0 aliphatic rings. The summed E-state index contributed by atoms with van der Waals surface area (Å²) in [6.45, 7) is 2.23. The summed E-state index contributed by atoms with van der Waals surface area (Å²) in [6.07, 6.45) is 16.1. The highest BCUT2D eigenvalue weighted by atomic mass is 32.2. The zero-order valence-corrected chi connectivity index (χ0v) is 19.7. The van der Waals surface area contributed by atoms with Crippen molar-refractivity contribution in [1.29, 1.82) is 0 Å². The standard InChI is InChI=1S/C22H40O8S/c1-2-3-4-5-6-7-8-9-10-11-12-13-14-15-16-17-21(25)30-31(28,29)19(22(26)27)18-20(23)24/h19H,2-18H2,1H3,(H,23,24)(H,26,27). The zero-order chi connectivity index (χ0) is 23.5. The van der Waals surface area contributed by atoms with Gasteiger partial charge in [0.05, 0.1) is 6.42 Å². The molecule has 0 heterocycles. The molecule has 2 N–H and O–H groups in total. The van der Waals surface area contributed by atoms with Crippen LogP contribution in [0.2, 0.25) is 0 Å². The molecular weight excluding hydrogens is 424 g/mol. The van der Waals surface area contributed by atoms with E-state index >= 15 is 0 Å². The van der Waals surface area contributed by atoms with Gasteiger partial charge in [-0.3, -0.25) is 14.4 Å². The Kier molecular flexibility index (Phi) is 17.0. The summed E-state index contributed by atoms with van der Waals surface area (Å²) >= 11 is 0. The van der Waals surface area contributed by atoms with Crippen LogP contribution in [-0.4, -0.2) is 41.8 Å². The Morgan fingerprint density at radius 2 is 1.10 bits per heavy atom. The average Bonchev–Trinajstić information content (AvgIpc) is 2.68. The number of carboxylic acids is 2. The van der Waals surface area contributed by atoms with Crippen LogP contribution in [0.25, 0.3) is 0 Å². The van der Waals surface area contributed by atoms with E-state index in [2.05, 4.69) is 11.1 Å². The third-order valence-corrected chi connectivity index (χ3v) is 6.66. The Bertz CT molecular complexity index is 615. The van der Waals surface area contributed by atoms with Gasteiger partial charge in [0.15, 0.2) is 0 Å². The molecule has 0 aliphatic heterocycles. The van der Waals surface area contributed by atoms with Gasteiger partial charge >= 0.3 is 28.0 Å². The summed E-state index contributed by atoms with van der Waals surface area (Å²) in [5.41, 5.74) is 0. The number of carboxylic acid groups (broad SMARTS) is 2. The van der Waals surface area contributed by atoms with E-state index in [0.29, 0.717) is 6.42 Å². The van der Waals surface area contributed by atoms with Crippen molar-refractivity contribution in [2.24, 2.45) is 0 Å². The molecule has 0 rings (SSSR count). The van der Waals surface area contributed by atoms with Crippen molar-refractivity contribution in [3.05, 3.63) is 0 Å². The first-order valence-corrected chi connectivity index (χ1v) is 13.1. The maximum atomic E-state index is 11.8. The van der Waals surface area contributed by atoms with Gasteiger partial charge in [-0.2, -0.15) is 8.42 Å². The maximum absolute atomic E-state index is 11.8. The highest BCUT2D eigenvalue weighted by molar-refractivity contribution is 7.88. The summed E-state index contributed by atoms with van der Waals surface area (Å²) < 4.78 is 27.9. The van der Waals surface area contributed by atoms with Crippen molar-refractivity contribution in [1.82, 2.24) is 0 Å². The Morgan fingerprint density at radius 3 is 1.45 bits per heavy atom. The fourth-order valence-electron chi connectivity index (χ4n) is 3.34. The van der Waals surface area contributed by atoms with Crippen LogP contribution in [0, 0.1) is 0 Å². The van der Waals surface area contributed by atoms with Crippen LogP contribution < -0.4 is 0 Å². The van der Waals surface area contributed by atoms with E-state index in [1.807, 2.05) is 0 Å². The average molecular weight is 465 g/mol. The lowest BCUT2D eigenvalue weighted by Crippen LogP contribution is -2.35. The molecule has 1 atom stereocenters. The third kappa shape index (κ3) is 16.7.